The van der Waals surface area contributed by atoms with Gasteiger partial charge in [-0.1, -0.05) is 23.4 Å². The molecular formula is C14H18FN3O3. The Kier molecular flexibility index (Phi) is 6.26. The Labute approximate surface area is 121 Å². The van der Waals surface area contributed by atoms with Crippen LogP contribution in [0.5, 0.6) is 0 Å². The second kappa shape index (κ2) is 8.46. The molecule has 0 amide bonds. The molecule has 0 saturated heterocycles. The average molecular weight is 295 g/mol. The van der Waals surface area contributed by atoms with Gasteiger partial charge < -0.3 is 19.7 Å². The minimum absolute atomic E-state index is 0.142. The molecular weight excluding hydrogens is 277 g/mol. The van der Waals surface area contributed by atoms with E-state index >= 15 is 0 Å². The highest BCUT2D eigenvalue weighted by Crippen LogP contribution is 2.07. The summed E-state index contributed by atoms with van der Waals surface area (Å²) in [4.78, 5) is 3.88. The zero-order valence-electron chi connectivity index (χ0n) is 11.5. The second-order valence-electron chi connectivity index (χ2n) is 4.56. The van der Waals surface area contributed by atoms with Crippen LogP contribution in [0.25, 0.3) is 0 Å². The molecule has 1 heterocycles. The zero-order chi connectivity index (χ0) is 14.9. The molecule has 1 aromatic carbocycles. The topological polar surface area (TPSA) is 80.4 Å². The van der Waals surface area contributed by atoms with Gasteiger partial charge in [0.15, 0.2) is 5.82 Å². The van der Waals surface area contributed by atoms with Crippen molar-refractivity contribution < 1.29 is 18.8 Å². The summed E-state index contributed by atoms with van der Waals surface area (Å²) in [5.74, 6) is 0.318. The number of hydrogen-bond donors (Lipinski definition) is 2. The molecule has 1 atom stereocenters. The summed E-state index contributed by atoms with van der Waals surface area (Å²) < 4.78 is 23.2. The van der Waals surface area contributed by atoms with Gasteiger partial charge in [0.25, 0.3) is 0 Å². The van der Waals surface area contributed by atoms with Crippen LogP contribution in [0.1, 0.15) is 11.4 Å². The van der Waals surface area contributed by atoms with Gasteiger partial charge in [-0.15, -0.1) is 0 Å². The van der Waals surface area contributed by atoms with Gasteiger partial charge in [0.1, 0.15) is 5.82 Å². The SMILES string of the molecule is OC(CNCCc1ncon1)COCc1ccccc1F. The standard InChI is InChI=1S/C14H18FN3O3/c15-13-4-2-1-3-11(13)8-20-9-12(19)7-16-6-5-14-17-10-21-18-14/h1-4,10,12,16,19H,5-9H2. The highest BCUT2D eigenvalue weighted by atomic mass is 19.1. The number of aromatic nitrogens is 2. The first-order valence-corrected chi connectivity index (χ1v) is 6.71. The zero-order valence-corrected chi connectivity index (χ0v) is 11.5. The molecule has 1 aromatic heterocycles. The lowest BCUT2D eigenvalue weighted by Crippen LogP contribution is -2.31. The van der Waals surface area contributed by atoms with Crippen molar-refractivity contribution in [3.05, 3.63) is 47.9 Å². The van der Waals surface area contributed by atoms with Gasteiger partial charge in [0, 0.05) is 25.1 Å². The third-order valence-electron chi connectivity index (χ3n) is 2.84. The molecule has 0 radical (unpaired) electrons. The lowest BCUT2D eigenvalue weighted by Gasteiger charge is -2.12. The number of ether oxygens (including phenoxy) is 1. The van der Waals surface area contributed by atoms with E-state index in [-0.39, 0.29) is 19.0 Å². The molecule has 0 aliphatic rings. The van der Waals surface area contributed by atoms with Gasteiger partial charge in [-0.25, -0.2) is 4.39 Å². The lowest BCUT2D eigenvalue weighted by molar-refractivity contribution is 0.0280. The molecule has 0 spiro atoms. The number of aliphatic hydroxyl groups excluding tert-OH is 1. The third-order valence-corrected chi connectivity index (χ3v) is 2.84. The van der Waals surface area contributed by atoms with Gasteiger partial charge in [-0.05, 0) is 6.07 Å². The number of nitrogens with one attached hydrogen (secondary N) is 1. The molecule has 2 N–H and O–H groups in total. The minimum atomic E-state index is -0.651. The minimum Gasteiger partial charge on any atom is -0.389 e. The Morgan fingerprint density at radius 1 is 1.38 bits per heavy atom. The highest BCUT2D eigenvalue weighted by molar-refractivity contribution is 5.16. The van der Waals surface area contributed by atoms with Crippen LogP contribution in [-0.4, -0.2) is 41.0 Å². The van der Waals surface area contributed by atoms with Gasteiger partial charge >= 0.3 is 0 Å². The Balaban J connectivity index is 1.55. The van der Waals surface area contributed by atoms with Crippen LogP contribution in [-0.2, 0) is 17.8 Å². The Morgan fingerprint density at radius 3 is 3.00 bits per heavy atom. The summed E-state index contributed by atoms with van der Waals surface area (Å²) in [6, 6.07) is 6.42. The molecule has 21 heavy (non-hydrogen) atoms. The molecule has 1 unspecified atom stereocenters. The number of aliphatic hydroxyl groups is 1. The fourth-order valence-electron chi connectivity index (χ4n) is 1.75. The molecule has 2 rings (SSSR count). The molecule has 7 heteroatoms. The second-order valence-corrected chi connectivity index (χ2v) is 4.56. The van der Waals surface area contributed by atoms with E-state index < -0.39 is 6.10 Å². The Bertz CT molecular complexity index is 522. The molecule has 114 valence electrons. The fraction of sp³-hybridized carbons (Fsp3) is 0.429. The van der Waals surface area contributed by atoms with Crippen molar-refractivity contribution in [2.24, 2.45) is 0 Å². The van der Waals surface area contributed by atoms with Crippen molar-refractivity contribution in [2.45, 2.75) is 19.1 Å². The van der Waals surface area contributed by atoms with Crippen molar-refractivity contribution in [1.29, 1.82) is 0 Å². The van der Waals surface area contributed by atoms with E-state index in [0.717, 1.165) is 0 Å². The smallest absolute Gasteiger partial charge is 0.213 e. The average Bonchev–Trinajstić information content (AvgIpc) is 2.99. The normalized spacial score (nSPS) is 12.5. The van der Waals surface area contributed by atoms with E-state index in [1.165, 1.54) is 12.5 Å². The Morgan fingerprint density at radius 2 is 2.24 bits per heavy atom. The molecule has 6 nitrogen and oxygen atoms in total. The van der Waals surface area contributed by atoms with Crippen LogP contribution in [0.2, 0.25) is 0 Å². The highest BCUT2D eigenvalue weighted by Gasteiger charge is 2.06. The quantitative estimate of drug-likeness (QED) is 0.670. The molecule has 0 aliphatic heterocycles. The number of nitrogens with zero attached hydrogens (tertiary/aromatic N) is 2. The summed E-state index contributed by atoms with van der Waals surface area (Å²) >= 11 is 0. The van der Waals surface area contributed by atoms with Crippen LogP contribution >= 0.6 is 0 Å². The summed E-state index contributed by atoms with van der Waals surface area (Å²) in [5.41, 5.74) is 0.481. The Hall–Kier alpha value is -1.83. The number of rotatable bonds is 9. The maximum absolute atomic E-state index is 13.3. The van der Waals surface area contributed by atoms with Crippen molar-refractivity contribution in [3.63, 3.8) is 0 Å². The van der Waals surface area contributed by atoms with Gasteiger partial charge in [-0.3, -0.25) is 0 Å². The van der Waals surface area contributed by atoms with Crippen LogP contribution in [0.3, 0.4) is 0 Å². The summed E-state index contributed by atoms with van der Waals surface area (Å²) in [7, 11) is 0. The van der Waals surface area contributed by atoms with Crippen molar-refractivity contribution in [3.8, 4) is 0 Å². The van der Waals surface area contributed by atoms with Crippen LogP contribution < -0.4 is 5.32 Å². The van der Waals surface area contributed by atoms with E-state index in [9.17, 15) is 9.50 Å². The first-order valence-electron chi connectivity index (χ1n) is 6.71. The molecule has 0 bridgehead atoms. The molecule has 2 aromatic rings. The van der Waals surface area contributed by atoms with Crippen molar-refractivity contribution >= 4 is 0 Å². The monoisotopic (exact) mass is 295 g/mol. The third kappa shape index (κ3) is 5.58. The molecule has 0 aliphatic carbocycles. The number of hydrogen-bond acceptors (Lipinski definition) is 6. The van der Waals surface area contributed by atoms with Crippen LogP contribution in [0, 0.1) is 5.82 Å². The summed E-state index contributed by atoms with van der Waals surface area (Å²) in [6.07, 6.45) is 1.25. The first kappa shape index (κ1) is 15.6. The number of halogens is 1. The predicted molar refractivity (Wildman–Crippen MR) is 72.9 cm³/mol. The van der Waals surface area contributed by atoms with Gasteiger partial charge in [0.2, 0.25) is 6.39 Å². The maximum Gasteiger partial charge on any atom is 0.213 e. The van der Waals surface area contributed by atoms with Crippen molar-refractivity contribution in [1.82, 2.24) is 15.5 Å². The van der Waals surface area contributed by atoms with E-state index in [2.05, 4.69) is 20.0 Å². The summed E-state index contributed by atoms with van der Waals surface area (Å²) in [6.45, 7) is 1.30. The number of benzene rings is 1. The summed E-state index contributed by atoms with van der Waals surface area (Å²) in [5, 5.41) is 16.5. The van der Waals surface area contributed by atoms with E-state index in [0.29, 0.717) is 30.9 Å². The largest absolute Gasteiger partial charge is 0.389 e. The van der Waals surface area contributed by atoms with Crippen LogP contribution in [0.15, 0.2) is 35.2 Å². The molecule has 0 saturated carbocycles. The van der Waals surface area contributed by atoms with Gasteiger partial charge in [0.05, 0.1) is 19.3 Å². The van der Waals surface area contributed by atoms with Crippen molar-refractivity contribution in [2.75, 3.05) is 19.7 Å². The predicted octanol–water partition coefficient (Wildman–Crippen LogP) is 0.918. The van der Waals surface area contributed by atoms with E-state index in [1.807, 2.05) is 0 Å². The lowest BCUT2D eigenvalue weighted by atomic mass is 10.2. The van der Waals surface area contributed by atoms with Gasteiger partial charge in [-0.2, -0.15) is 4.98 Å². The van der Waals surface area contributed by atoms with Crippen LogP contribution in [0.4, 0.5) is 4.39 Å². The van der Waals surface area contributed by atoms with E-state index in [1.54, 1.807) is 18.2 Å². The van der Waals surface area contributed by atoms with E-state index in [4.69, 9.17) is 4.74 Å². The molecule has 0 fully saturated rings. The maximum atomic E-state index is 13.3. The fourth-order valence-corrected chi connectivity index (χ4v) is 1.75. The first-order chi connectivity index (χ1) is 10.3.